The quantitative estimate of drug-likeness (QED) is 0.869. The molecule has 3 nitrogen and oxygen atoms in total. The largest absolute Gasteiger partial charge is 0.370 e. The second-order valence-electron chi connectivity index (χ2n) is 5.84. The third-order valence-electron chi connectivity index (χ3n) is 2.75. The maximum atomic E-state index is 4.73. The molecule has 0 amide bonds. The molecule has 0 aliphatic rings. The van der Waals surface area contributed by atoms with E-state index in [-0.39, 0.29) is 5.41 Å². The van der Waals surface area contributed by atoms with E-state index in [1.54, 1.807) is 0 Å². The van der Waals surface area contributed by atoms with Gasteiger partial charge in [0, 0.05) is 17.5 Å². The van der Waals surface area contributed by atoms with Gasteiger partial charge < -0.3 is 5.32 Å². The average molecular weight is 235 g/mol. The molecule has 3 heteroatoms. The van der Waals surface area contributed by atoms with Crippen LogP contribution in [0.1, 0.15) is 64.5 Å². The summed E-state index contributed by atoms with van der Waals surface area (Å²) in [5, 5.41) is 3.33. The third kappa shape index (κ3) is 3.18. The summed E-state index contributed by atoms with van der Waals surface area (Å²) in [5.41, 5.74) is 2.32. The lowest BCUT2D eigenvalue weighted by Gasteiger charge is -2.22. The summed E-state index contributed by atoms with van der Waals surface area (Å²) < 4.78 is 0. The van der Waals surface area contributed by atoms with Gasteiger partial charge in [0.2, 0.25) is 0 Å². The van der Waals surface area contributed by atoms with Crippen molar-refractivity contribution in [2.75, 3.05) is 11.9 Å². The fraction of sp³-hybridized carbons (Fsp3) is 0.714. The van der Waals surface area contributed by atoms with Crippen LogP contribution in [0.2, 0.25) is 0 Å². The number of hydrogen-bond acceptors (Lipinski definition) is 3. The van der Waals surface area contributed by atoms with Crippen molar-refractivity contribution in [3.8, 4) is 0 Å². The van der Waals surface area contributed by atoms with E-state index in [4.69, 9.17) is 4.98 Å². The van der Waals surface area contributed by atoms with Crippen LogP contribution in [-0.2, 0) is 5.41 Å². The second-order valence-corrected chi connectivity index (χ2v) is 5.84. The Bertz CT molecular complexity index is 389. The van der Waals surface area contributed by atoms with Crippen LogP contribution in [0.25, 0.3) is 0 Å². The van der Waals surface area contributed by atoms with Gasteiger partial charge in [-0.3, -0.25) is 0 Å². The van der Waals surface area contributed by atoms with Gasteiger partial charge in [-0.1, -0.05) is 34.6 Å². The minimum atomic E-state index is -0.0124. The summed E-state index contributed by atoms with van der Waals surface area (Å²) in [6.07, 6.45) is 0. The molecule has 0 bridgehead atoms. The molecule has 0 fully saturated rings. The maximum Gasteiger partial charge on any atom is 0.136 e. The van der Waals surface area contributed by atoms with Crippen LogP contribution in [0.4, 0.5) is 5.82 Å². The van der Waals surface area contributed by atoms with Gasteiger partial charge in [-0.2, -0.15) is 0 Å². The van der Waals surface area contributed by atoms with Crippen molar-refractivity contribution >= 4 is 5.82 Å². The van der Waals surface area contributed by atoms with E-state index in [0.717, 1.165) is 23.9 Å². The van der Waals surface area contributed by atoms with E-state index < -0.39 is 0 Å². The summed E-state index contributed by atoms with van der Waals surface area (Å²) in [7, 11) is 0. The second kappa shape index (κ2) is 5.03. The Labute approximate surface area is 105 Å². The molecule has 0 atom stereocenters. The van der Waals surface area contributed by atoms with Gasteiger partial charge >= 0.3 is 0 Å². The zero-order valence-corrected chi connectivity index (χ0v) is 12.2. The van der Waals surface area contributed by atoms with Crippen LogP contribution >= 0.6 is 0 Å². The number of hydrogen-bond donors (Lipinski definition) is 1. The van der Waals surface area contributed by atoms with E-state index in [2.05, 4.69) is 58.8 Å². The van der Waals surface area contributed by atoms with E-state index in [9.17, 15) is 0 Å². The van der Waals surface area contributed by atoms with Gasteiger partial charge in [-0.15, -0.1) is 0 Å². The predicted octanol–water partition coefficient (Wildman–Crippen LogP) is 3.64. The third-order valence-corrected chi connectivity index (χ3v) is 2.75. The lowest BCUT2D eigenvalue weighted by Crippen LogP contribution is -2.20. The molecule has 1 heterocycles. The summed E-state index contributed by atoms with van der Waals surface area (Å²) in [6, 6.07) is 0. The lowest BCUT2D eigenvalue weighted by atomic mass is 9.94. The van der Waals surface area contributed by atoms with E-state index in [0.29, 0.717) is 5.92 Å². The molecule has 0 aliphatic carbocycles. The molecule has 0 aromatic carbocycles. The van der Waals surface area contributed by atoms with Gasteiger partial charge in [0.05, 0.1) is 5.69 Å². The average Bonchev–Trinajstić information content (AvgIpc) is 2.19. The zero-order chi connectivity index (χ0) is 13.2. The SMILES string of the molecule is CCNc1nc(C(C)(C)C)nc(C(C)C)c1C. The van der Waals surface area contributed by atoms with Crippen molar-refractivity contribution in [3.05, 3.63) is 17.1 Å². The molecule has 0 saturated carbocycles. The fourth-order valence-corrected chi connectivity index (χ4v) is 1.77. The van der Waals surface area contributed by atoms with Crippen molar-refractivity contribution in [2.45, 2.75) is 59.8 Å². The first-order chi connectivity index (χ1) is 7.77. The number of rotatable bonds is 3. The first kappa shape index (κ1) is 13.9. The zero-order valence-electron chi connectivity index (χ0n) is 12.2. The van der Waals surface area contributed by atoms with Gasteiger partial charge in [-0.25, -0.2) is 9.97 Å². The van der Waals surface area contributed by atoms with Gasteiger partial charge in [-0.05, 0) is 19.8 Å². The maximum absolute atomic E-state index is 4.73. The highest BCUT2D eigenvalue weighted by Crippen LogP contribution is 2.27. The first-order valence-corrected chi connectivity index (χ1v) is 6.40. The smallest absolute Gasteiger partial charge is 0.136 e. The van der Waals surface area contributed by atoms with E-state index in [1.807, 2.05) is 0 Å². The summed E-state index contributed by atoms with van der Waals surface area (Å²) in [4.78, 5) is 9.39. The Morgan fingerprint density at radius 3 is 2.18 bits per heavy atom. The standard InChI is InChI=1S/C14H25N3/c1-8-15-12-10(4)11(9(2)3)16-13(17-12)14(5,6)7/h9H,8H2,1-7H3,(H,15,16,17). The highest BCUT2D eigenvalue weighted by molar-refractivity contribution is 5.47. The van der Waals surface area contributed by atoms with E-state index >= 15 is 0 Å². The molecular weight excluding hydrogens is 210 g/mol. The van der Waals surface area contributed by atoms with Crippen LogP contribution in [-0.4, -0.2) is 16.5 Å². The number of nitrogens with zero attached hydrogens (tertiary/aromatic N) is 2. The monoisotopic (exact) mass is 235 g/mol. The molecule has 1 N–H and O–H groups in total. The normalized spacial score (nSPS) is 12.0. The minimum Gasteiger partial charge on any atom is -0.370 e. The van der Waals surface area contributed by atoms with Crippen LogP contribution in [0, 0.1) is 6.92 Å². The summed E-state index contributed by atoms with van der Waals surface area (Å²) in [5.74, 6) is 2.33. The number of aromatic nitrogens is 2. The number of anilines is 1. The van der Waals surface area contributed by atoms with Crippen molar-refractivity contribution in [1.29, 1.82) is 0 Å². The van der Waals surface area contributed by atoms with Crippen molar-refractivity contribution in [2.24, 2.45) is 0 Å². The van der Waals surface area contributed by atoms with Gasteiger partial charge in [0.25, 0.3) is 0 Å². The van der Waals surface area contributed by atoms with Crippen molar-refractivity contribution < 1.29 is 0 Å². The van der Waals surface area contributed by atoms with Crippen LogP contribution in [0.3, 0.4) is 0 Å². The Balaban J connectivity index is 3.36. The lowest BCUT2D eigenvalue weighted by molar-refractivity contribution is 0.538. The molecule has 0 radical (unpaired) electrons. The molecule has 0 unspecified atom stereocenters. The van der Waals surface area contributed by atoms with Crippen LogP contribution in [0.5, 0.6) is 0 Å². The molecular formula is C14H25N3. The summed E-state index contributed by atoms with van der Waals surface area (Å²) >= 11 is 0. The van der Waals surface area contributed by atoms with Gasteiger partial charge in [0.15, 0.2) is 0 Å². The predicted molar refractivity (Wildman–Crippen MR) is 73.7 cm³/mol. The van der Waals surface area contributed by atoms with Crippen LogP contribution in [0.15, 0.2) is 0 Å². The van der Waals surface area contributed by atoms with Crippen LogP contribution < -0.4 is 5.32 Å². The Hall–Kier alpha value is -1.12. The molecule has 0 saturated heterocycles. The minimum absolute atomic E-state index is 0.0124. The fourth-order valence-electron chi connectivity index (χ4n) is 1.77. The van der Waals surface area contributed by atoms with Crippen molar-refractivity contribution in [1.82, 2.24) is 9.97 Å². The Kier molecular flexibility index (Phi) is 4.12. The molecule has 1 aromatic heterocycles. The Morgan fingerprint density at radius 1 is 1.18 bits per heavy atom. The molecule has 0 spiro atoms. The highest BCUT2D eigenvalue weighted by atomic mass is 15.0. The topological polar surface area (TPSA) is 37.8 Å². The summed E-state index contributed by atoms with van der Waals surface area (Å²) in [6.45, 7) is 15.9. The van der Waals surface area contributed by atoms with E-state index in [1.165, 1.54) is 5.56 Å². The first-order valence-electron chi connectivity index (χ1n) is 6.40. The highest BCUT2D eigenvalue weighted by Gasteiger charge is 2.21. The molecule has 1 aromatic rings. The van der Waals surface area contributed by atoms with Gasteiger partial charge in [0.1, 0.15) is 11.6 Å². The molecule has 0 aliphatic heterocycles. The Morgan fingerprint density at radius 2 is 1.76 bits per heavy atom. The molecule has 17 heavy (non-hydrogen) atoms. The van der Waals surface area contributed by atoms with Crippen molar-refractivity contribution in [3.63, 3.8) is 0 Å². The number of nitrogens with one attached hydrogen (secondary N) is 1. The molecule has 96 valence electrons. The molecule has 1 rings (SSSR count).